The van der Waals surface area contributed by atoms with Crippen LogP contribution in [0.4, 0.5) is 0 Å². The summed E-state index contributed by atoms with van der Waals surface area (Å²) in [4.78, 5) is 4.68. The molecule has 1 aromatic heterocycles. The second-order valence-electron chi connectivity index (χ2n) is 5.90. The SMILES string of the molecule is Cc1nc2c(n1CCCCC(C)(N)C#N)CCCC2. The third-order valence-corrected chi connectivity index (χ3v) is 4.01. The van der Waals surface area contributed by atoms with Crippen LogP contribution in [-0.2, 0) is 19.4 Å². The van der Waals surface area contributed by atoms with E-state index in [0.29, 0.717) is 0 Å². The zero-order valence-electron chi connectivity index (χ0n) is 12.1. The molecule has 0 fully saturated rings. The van der Waals surface area contributed by atoms with Crippen LogP contribution in [0.2, 0.25) is 0 Å². The maximum atomic E-state index is 8.89. The van der Waals surface area contributed by atoms with Gasteiger partial charge in [-0.1, -0.05) is 0 Å². The molecule has 0 radical (unpaired) electrons. The van der Waals surface area contributed by atoms with Gasteiger partial charge in [-0.2, -0.15) is 5.26 Å². The first-order valence-corrected chi connectivity index (χ1v) is 7.28. The summed E-state index contributed by atoms with van der Waals surface area (Å²) in [7, 11) is 0. The number of imidazole rings is 1. The fourth-order valence-corrected chi connectivity index (χ4v) is 2.85. The average molecular weight is 260 g/mol. The van der Waals surface area contributed by atoms with Crippen molar-refractivity contribution in [2.45, 2.75) is 70.9 Å². The molecule has 1 aliphatic rings. The standard InChI is InChI=1S/C15H24N4/c1-12-18-13-7-3-4-8-14(13)19(12)10-6-5-9-15(2,17)11-16/h3-10,17H2,1-2H3. The van der Waals surface area contributed by atoms with E-state index in [1.54, 1.807) is 6.92 Å². The first-order valence-electron chi connectivity index (χ1n) is 7.28. The van der Waals surface area contributed by atoms with Crippen LogP contribution in [0.5, 0.6) is 0 Å². The Morgan fingerprint density at radius 2 is 2.11 bits per heavy atom. The summed E-state index contributed by atoms with van der Waals surface area (Å²) in [5.41, 5.74) is 7.91. The molecular weight excluding hydrogens is 236 g/mol. The molecule has 0 amide bonds. The van der Waals surface area contributed by atoms with Gasteiger partial charge in [0, 0.05) is 12.2 Å². The van der Waals surface area contributed by atoms with Gasteiger partial charge in [-0.3, -0.25) is 0 Å². The molecule has 1 aromatic rings. The van der Waals surface area contributed by atoms with Crippen LogP contribution in [0.1, 0.15) is 56.2 Å². The van der Waals surface area contributed by atoms with Gasteiger partial charge in [0.1, 0.15) is 11.4 Å². The van der Waals surface area contributed by atoms with Gasteiger partial charge in [0.05, 0.1) is 11.8 Å². The van der Waals surface area contributed by atoms with Crippen molar-refractivity contribution in [2.75, 3.05) is 0 Å². The topological polar surface area (TPSA) is 67.6 Å². The van der Waals surface area contributed by atoms with Gasteiger partial charge in [0.15, 0.2) is 0 Å². The van der Waals surface area contributed by atoms with Gasteiger partial charge >= 0.3 is 0 Å². The third kappa shape index (κ3) is 3.36. The molecule has 0 bridgehead atoms. The molecule has 0 aromatic carbocycles. The Bertz CT molecular complexity index is 479. The van der Waals surface area contributed by atoms with E-state index in [2.05, 4.69) is 22.5 Å². The number of aromatic nitrogens is 2. The minimum absolute atomic E-state index is 0.677. The minimum atomic E-state index is -0.677. The fraction of sp³-hybridized carbons (Fsp3) is 0.733. The van der Waals surface area contributed by atoms with E-state index in [-0.39, 0.29) is 0 Å². The van der Waals surface area contributed by atoms with E-state index in [4.69, 9.17) is 11.0 Å². The second kappa shape index (κ2) is 5.75. The van der Waals surface area contributed by atoms with Crippen molar-refractivity contribution >= 4 is 0 Å². The highest BCUT2D eigenvalue weighted by molar-refractivity contribution is 5.19. The van der Waals surface area contributed by atoms with E-state index in [0.717, 1.165) is 38.1 Å². The molecular formula is C15H24N4. The van der Waals surface area contributed by atoms with Crippen molar-refractivity contribution < 1.29 is 0 Å². The summed E-state index contributed by atoms with van der Waals surface area (Å²) < 4.78 is 2.37. The lowest BCUT2D eigenvalue weighted by Gasteiger charge is -2.17. The van der Waals surface area contributed by atoms with Crippen LogP contribution in [0.3, 0.4) is 0 Å². The summed E-state index contributed by atoms with van der Waals surface area (Å²) in [6, 6.07) is 2.15. The number of rotatable bonds is 5. The largest absolute Gasteiger partial charge is 0.332 e. The molecule has 2 N–H and O–H groups in total. The van der Waals surface area contributed by atoms with Gasteiger partial charge in [-0.15, -0.1) is 0 Å². The average Bonchev–Trinajstić information content (AvgIpc) is 2.71. The number of aryl methyl sites for hydroxylation is 2. The van der Waals surface area contributed by atoms with Crippen molar-refractivity contribution in [2.24, 2.45) is 5.73 Å². The van der Waals surface area contributed by atoms with E-state index < -0.39 is 5.54 Å². The predicted molar refractivity (Wildman–Crippen MR) is 75.7 cm³/mol. The van der Waals surface area contributed by atoms with E-state index >= 15 is 0 Å². The van der Waals surface area contributed by atoms with E-state index in [9.17, 15) is 0 Å². The molecule has 1 atom stereocenters. The molecule has 4 nitrogen and oxygen atoms in total. The smallest absolute Gasteiger partial charge is 0.106 e. The fourth-order valence-electron chi connectivity index (χ4n) is 2.85. The highest BCUT2D eigenvalue weighted by atomic mass is 15.1. The molecule has 104 valence electrons. The number of hydrogen-bond donors (Lipinski definition) is 1. The number of nitrogens with zero attached hydrogens (tertiary/aromatic N) is 3. The molecule has 1 aliphatic carbocycles. The van der Waals surface area contributed by atoms with Crippen molar-refractivity contribution in [1.82, 2.24) is 9.55 Å². The number of nitriles is 1. The molecule has 4 heteroatoms. The lowest BCUT2D eigenvalue weighted by atomic mass is 9.98. The molecule has 0 aliphatic heterocycles. The molecule has 0 saturated heterocycles. The lowest BCUT2D eigenvalue weighted by molar-refractivity contribution is 0.479. The van der Waals surface area contributed by atoms with Crippen molar-refractivity contribution in [3.63, 3.8) is 0 Å². The van der Waals surface area contributed by atoms with Gasteiger partial charge in [0.25, 0.3) is 0 Å². The molecule has 0 saturated carbocycles. The summed E-state index contributed by atoms with van der Waals surface area (Å²) in [6.07, 6.45) is 7.69. The van der Waals surface area contributed by atoms with E-state index in [1.165, 1.54) is 30.7 Å². The highest BCUT2D eigenvalue weighted by Crippen LogP contribution is 2.22. The molecule has 2 rings (SSSR count). The first-order chi connectivity index (χ1) is 9.03. The van der Waals surface area contributed by atoms with Crippen LogP contribution in [0, 0.1) is 18.3 Å². The number of unbranched alkanes of at least 4 members (excludes halogenated alkanes) is 1. The lowest BCUT2D eigenvalue weighted by Crippen LogP contribution is -2.33. The normalized spacial score (nSPS) is 17.6. The maximum Gasteiger partial charge on any atom is 0.106 e. The zero-order chi connectivity index (χ0) is 13.9. The Morgan fingerprint density at radius 1 is 1.37 bits per heavy atom. The van der Waals surface area contributed by atoms with Crippen LogP contribution in [-0.4, -0.2) is 15.1 Å². The summed E-state index contributed by atoms with van der Waals surface area (Å²) in [5, 5.41) is 8.89. The van der Waals surface area contributed by atoms with Gasteiger partial charge < -0.3 is 10.3 Å². The monoisotopic (exact) mass is 260 g/mol. The Hall–Kier alpha value is -1.34. The third-order valence-electron chi connectivity index (χ3n) is 4.01. The van der Waals surface area contributed by atoms with Crippen molar-refractivity contribution in [1.29, 1.82) is 5.26 Å². The van der Waals surface area contributed by atoms with Crippen LogP contribution >= 0.6 is 0 Å². The summed E-state index contributed by atoms with van der Waals surface area (Å²) in [5.74, 6) is 1.14. The van der Waals surface area contributed by atoms with Crippen LogP contribution in [0.25, 0.3) is 0 Å². The Labute approximate surface area is 115 Å². The Morgan fingerprint density at radius 3 is 2.84 bits per heavy atom. The number of nitrogens with two attached hydrogens (primary N) is 1. The number of fused-ring (bicyclic) bond motifs is 1. The minimum Gasteiger partial charge on any atom is -0.332 e. The maximum absolute atomic E-state index is 8.89. The molecule has 0 spiro atoms. The van der Waals surface area contributed by atoms with Gasteiger partial charge in [-0.05, 0) is 58.8 Å². The van der Waals surface area contributed by atoms with Crippen molar-refractivity contribution in [3.05, 3.63) is 17.2 Å². The second-order valence-corrected chi connectivity index (χ2v) is 5.90. The Balaban J connectivity index is 1.90. The zero-order valence-corrected chi connectivity index (χ0v) is 12.1. The first kappa shape index (κ1) is 14.1. The quantitative estimate of drug-likeness (QED) is 0.827. The van der Waals surface area contributed by atoms with Crippen molar-refractivity contribution in [3.8, 4) is 6.07 Å². The molecule has 1 unspecified atom stereocenters. The predicted octanol–water partition coefficient (Wildman–Crippen LogP) is 2.48. The molecule has 19 heavy (non-hydrogen) atoms. The summed E-state index contributed by atoms with van der Waals surface area (Å²) in [6.45, 7) is 4.91. The van der Waals surface area contributed by atoms with E-state index in [1.807, 2.05) is 0 Å². The highest BCUT2D eigenvalue weighted by Gasteiger charge is 2.19. The molecule has 1 heterocycles. The Kier molecular flexibility index (Phi) is 4.26. The number of hydrogen-bond acceptors (Lipinski definition) is 3. The van der Waals surface area contributed by atoms with Crippen LogP contribution < -0.4 is 5.73 Å². The van der Waals surface area contributed by atoms with Gasteiger partial charge in [-0.25, -0.2) is 4.98 Å². The van der Waals surface area contributed by atoms with Crippen LogP contribution in [0.15, 0.2) is 0 Å². The van der Waals surface area contributed by atoms with Gasteiger partial charge in [0.2, 0.25) is 0 Å². The summed E-state index contributed by atoms with van der Waals surface area (Å²) >= 11 is 0.